The fourth-order valence-electron chi connectivity index (χ4n) is 1.79. The number of hydrogen-bond acceptors (Lipinski definition) is 3. The number of ether oxygens (including phenoxy) is 1. The van der Waals surface area contributed by atoms with E-state index in [1.165, 1.54) is 10.5 Å². The Bertz CT molecular complexity index is 329. The number of rotatable bonds is 3. The van der Waals surface area contributed by atoms with Crippen LogP contribution in [0.15, 0.2) is 29.2 Å². The van der Waals surface area contributed by atoms with Crippen LogP contribution in [0.2, 0.25) is 0 Å². The molecule has 2 N–H and O–H groups in total. The van der Waals surface area contributed by atoms with Crippen LogP contribution in [0.5, 0.6) is 0 Å². The van der Waals surface area contributed by atoms with Crippen LogP contribution < -0.4 is 5.73 Å². The zero-order valence-corrected chi connectivity index (χ0v) is 9.80. The Kier molecular flexibility index (Phi) is 3.67. The first-order valence-electron chi connectivity index (χ1n) is 5.37. The highest BCUT2D eigenvalue weighted by molar-refractivity contribution is 8.00. The van der Waals surface area contributed by atoms with E-state index in [0.717, 1.165) is 13.0 Å². The summed E-state index contributed by atoms with van der Waals surface area (Å²) >= 11 is 1.91. The summed E-state index contributed by atoms with van der Waals surface area (Å²) in [4.78, 5) is 1.31. The van der Waals surface area contributed by atoms with Gasteiger partial charge in [-0.1, -0.05) is 12.1 Å². The molecule has 0 radical (unpaired) electrons. The predicted molar refractivity (Wildman–Crippen MR) is 64.0 cm³/mol. The van der Waals surface area contributed by atoms with Crippen molar-refractivity contribution in [1.82, 2.24) is 0 Å². The van der Waals surface area contributed by atoms with Crippen molar-refractivity contribution >= 4 is 11.8 Å². The van der Waals surface area contributed by atoms with Crippen molar-refractivity contribution in [3.05, 3.63) is 29.8 Å². The van der Waals surface area contributed by atoms with Gasteiger partial charge in [0.05, 0.1) is 6.10 Å². The molecule has 3 heteroatoms. The second kappa shape index (κ2) is 5.01. The summed E-state index contributed by atoms with van der Waals surface area (Å²) in [6.07, 6.45) is 1.52. The molecule has 1 heterocycles. The first-order valence-corrected chi connectivity index (χ1v) is 6.25. The normalized spacial score (nSPS) is 25.7. The van der Waals surface area contributed by atoms with Crippen LogP contribution in [0.4, 0.5) is 0 Å². The average molecular weight is 223 g/mol. The van der Waals surface area contributed by atoms with Gasteiger partial charge in [-0.2, -0.15) is 0 Å². The molecular weight excluding hydrogens is 206 g/mol. The molecule has 0 aromatic heterocycles. The van der Waals surface area contributed by atoms with Gasteiger partial charge in [0, 0.05) is 23.3 Å². The first-order chi connectivity index (χ1) is 7.29. The monoisotopic (exact) mass is 223 g/mol. The fraction of sp³-hybridized carbons (Fsp3) is 0.500. The van der Waals surface area contributed by atoms with E-state index in [4.69, 9.17) is 10.5 Å². The minimum Gasteiger partial charge on any atom is -0.377 e. The maximum atomic E-state index is 5.62. The molecule has 2 rings (SSSR count). The Morgan fingerprint density at radius 2 is 2.40 bits per heavy atom. The third-order valence-corrected chi connectivity index (χ3v) is 4.18. The molecule has 15 heavy (non-hydrogen) atoms. The Labute approximate surface area is 95.2 Å². The lowest BCUT2D eigenvalue weighted by molar-refractivity contribution is 0.127. The molecular formula is C12H17NOS. The SMILES string of the molecule is CC1OCCC1Sc1cccc(CN)c1. The van der Waals surface area contributed by atoms with E-state index in [0.29, 0.717) is 17.9 Å². The minimum atomic E-state index is 0.372. The zero-order valence-electron chi connectivity index (χ0n) is 8.98. The third kappa shape index (κ3) is 2.74. The maximum Gasteiger partial charge on any atom is 0.0669 e. The van der Waals surface area contributed by atoms with Crippen molar-refractivity contribution in [2.75, 3.05) is 6.61 Å². The Morgan fingerprint density at radius 3 is 3.07 bits per heavy atom. The van der Waals surface area contributed by atoms with E-state index >= 15 is 0 Å². The van der Waals surface area contributed by atoms with Crippen molar-refractivity contribution < 1.29 is 4.74 Å². The summed E-state index contributed by atoms with van der Waals surface area (Å²) in [7, 11) is 0. The molecule has 1 saturated heterocycles. The van der Waals surface area contributed by atoms with Gasteiger partial charge in [0.2, 0.25) is 0 Å². The van der Waals surface area contributed by atoms with Crippen LogP contribution in [0.1, 0.15) is 18.9 Å². The molecule has 1 aliphatic heterocycles. The molecule has 0 bridgehead atoms. The minimum absolute atomic E-state index is 0.372. The van der Waals surface area contributed by atoms with Gasteiger partial charge >= 0.3 is 0 Å². The Hall–Kier alpha value is -0.510. The quantitative estimate of drug-likeness (QED) is 0.854. The van der Waals surface area contributed by atoms with Crippen molar-refractivity contribution in [2.24, 2.45) is 5.73 Å². The first kappa shape index (κ1) is 11.0. The molecule has 1 aliphatic rings. The van der Waals surface area contributed by atoms with Crippen molar-refractivity contribution in [2.45, 2.75) is 36.1 Å². The number of benzene rings is 1. The lowest BCUT2D eigenvalue weighted by Crippen LogP contribution is -2.12. The van der Waals surface area contributed by atoms with Gasteiger partial charge in [-0.05, 0) is 31.0 Å². The summed E-state index contributed by atoms with van der Waals surface area (Å²) in [6.45, 7) is 3.66. The van der Waals surface area contributed by atoms with Crippen LogP contribution >= 0.6 is 11.8 Å². The highest BCUT2D eigenvalue weighted by atomic mass is 32.2. The van der Waals surface area contributed by atoms with Gasteiger partial charge < -0.3 is 10.5 Å². The van der Waals surface area contributed by atoms with Crippen LogP contribution in [0.25, 0.3) is 0 Å². The average Bonchev–Trinajstić information content (AvgIpc) is 2.65. The van der Waals surface area contributed by atoms with E-state index in [1.807, 2.05) is 11.8 Å². The van der Waals surface area contributed by atoms with Gasteiger partial charge in [-0.15, -0.1) is 11.8 Å². The van der Waals surface area contributed by atoms with Gasteiger partial charge in [0.25, 0.3) is 0 Å². The lowest BCUT2D eigenvalue weighted by Gasteiger charge is -2.13. The van der Waals surface area contributed by atoms with Crippen LogP contribution in [0, 0.1) is 0 Å². The molecule has 1 aromatic rings. The zero-order chi connectivity index (χ0) is 10.7. The molecule has 2 nitrogen and oxygen atoms in total. The van der Waals surface area contributed by atoms with Crippen LogP contribution in [-0.4, -0.2) is 18.0 Å². The van der Waals surface area contributed by atoms with E-state index in [2.05, 4.69) is 31.2 Å². The van der Waals surface area contributed by atoms with Crippen molar-refractivity contribution in [3.63, 3.8) is 0 Å². The Morgan fingerprint density at radius 1 is 1.53 bits per heavy atom. The van der Waals surface area contributed by atoms with E-state index < -0.39 is 0 Å². The van der Waals surface area contributed by atoms with Gasteiger partial charge in [0.1, 0.15) is 0 Å². The van der Waals surface area contributed by atoms with E-state index in [1.54, 1.807) is 0 Å². The van der Waals surface area contributed by atoms with Crippen molar-refractivity contribution in [1.29, 1.82) is 0 Å². The lowest BCUT2D eigenvalue weighted by atomic mass is 10.2. The van der Waals surface area contributed by atoms with Crippen LogP contribution in [0.3, 0.4) is 0 Å². The largest absolute Gasteiger partial charge is 0.377 e. The van der Waals surface area contributed by atoms with Gasteiger partial charge in [-0.3, -0.25) is 0 Å². The fourth-order valence-corrected chi connectivity index (χ4v) is 3.00. The second-order valence-electron chi connectivity index (χ2n) is 3.87. The molecule has 2 atom stereocenters. The number of nitrogens with two attached hydrogens (primary N) is 1. The second-order valence-corrected chi connectivity index (χ2v) is 5.19. The smallest absolute Gasteiger partial charge is 0.0669 e. The molecule has 82 valence electrons. The summed E-state index contributed by atoms with van der Waals surface area (Å²) in [5.41, 5.74) is 6.82. The van der Waals surface area contributed by atoms with Gasteiger partial charge in [0.15, 0.2) is 0 Å². The molecule has 0 saturated carbocycles. The Balaban J connectivity index is 2.03. The molecule has 0 spiro atoms. The highest BCUT2D eigenvalue weighted by Crippen LogP contribution is 2.32. The van der Waals surface area contributed by atoms with E-state index in [-0.39, 0.29) is 0 Å². The molecule has 1 aromatic carbocycles. The molecule has 2 unspecified atom stereocenters. The molecule has 1 fully saturated rings. The van der Waals surface area contributed by atoms with Crippen molar-refractivity contribution in [3.8, 4) is 0 Å². The number of thioether (sulfide) groups is 1. The summed E-state index contributed by atoms with van der Waals surface area (Å²) < 4.78 is 5.55. The van der Waals surface area contributed by atoms with Gasteiger partial charge in [-0.25, -0.2) is 0 Å². The topological polar surface area (TPSA) is 35.2 Å². The molecule has 0 aliphatic carbocycles. The standard InChI is InChI=1S/C12H17NOS/c1-9-12(5-6-14-9)15-11-4-2-3-10(7-11)8-13/h2-4,7,9,12H,5-6,8,13H2,1H3. The number of hydrogen-bond donors (Lipinski definition) is 1. The van der Waals surface area contributed by atoms with Crippen LogP contribution in [-0.2, 0) is 11.3 Å². The summed E-state index contributed by atoms with van der Waals surface area (Å²) in [6, 6.07) is 8.47. The van der Waals surface area contributed by atoms with E-state index in [9.17, 15) is 0 Å². The highest BCUT2D eigenvalue weighted by Gasteiger charge is 2.24. The summed E-state index contributed by atoms with van der Waals surface area (Å²) in [5, 5.41) is 0.595. The third-order valence-electron chi connectivity index (χ3n) is 2.73. The molecule has 0 amide bonds. The predicted octanol–water partition coefficient (Wildman–Crippen LogP) is 2.41. The summed E-state index contributed by atoms with van der Waals surface area (Å²) in [5.74, 6) is 0. The maximum absolute atomic E-state index is 5.62.